The van der Waals surface area contributed by atoms with E-state index in [0.717, 1.165) is 79.6 Å². The second-order valence-electron chi connectivity index (χ2n) is 15.3. The molecular formula is C46H57N3O4. The van der Waals surface area contributed by atoms with Crippen LogP contribution < -0.4 is 18.9 Å². The first-order valence-electron chi connectivity index (χ1n) is 20.4. The van der Waals surface area contributed by atoms with Crippen LogP contribution in [0.4, 0.5) is 0 Å². The molecule has 11 rings (SSSR count). The van der Waals surface area contributed by atoms with Gasteiger partial charge in [-0.3, -0.25) is 14.7 Å². The van der Waals surface area contributed by atoms with Crippen LogP contribution >= 0.6 is 0 Å². The number of hydrogen-bond acceptors (Lipinski definition) is 7. The Morgan fingerprint density at radius 3 is 1.64 bits per heavy atom. The first-order chi connectivity index (χ1) is 26.2. The summed E-state index contributed by atoms with van der Waals surface area (Å²) in [5.74, 6) is 4.32. The predicted molar refractivity (Wildman–Crippen MR) is 213 cm³/mol. The fraction of sp³-hybridized carbons (Fsp3) is 0.478. The Morgan fingerprint density at radius 1 is 0.472 bits per heavy atom. The average molecular weight is 716 g/mol. The Labute approximate surface area is 316 Å². The van der Waals surface area contributed by atoms with E-state index in [4.69, 9.17) is 18.9 Å². The van der Waals surface area contributed by atoms with Crippen molar-refractivity contribution in [2.75, 3.05) is 78.7 Å². The summed E-state index contributed by atoms with van der Waals surface area (Å²) in [6.45, 7) is 11.9. The minimum atomic E-state index is 0.661. The Hall–Kier alpha value is -4.04. The molecule has 4 aromatic rings. The molecule has 53 heavy (non-hydrogen) atoms. The zero-order valence-electron chi connectivity index (χ0n) is 31.5. The van der Waals surface area contributed by atoms with Crippen LogP contribution in [-0.2, 0) is 25.7 Å². The number of rotatable bonds is 12. The number of ether oxygens (including phenoxy) is 4. The number of likely N-dealkylation sites (tertiary alicyclic amines) is 3. The molecule has 0 radical (unpaired) electrons. The minimum Gasteiger partial charge on any atom is -0.492 e. The fourth-order valence-corrected chi connectivity index (χ4v) is 8.46. The number of benzene rings is 4. The van der Waals surface area contributed by atoms with Crippen LogP contribution in [0.1, 0.15) is 60.8 Å². The van der Waals surface area contributed by atoms with Crippen molar-refractivity contribution in [2.24, 2.45) is 0 Å². The van der Waals surface area contributed by atoms with Crippen molar-refractivity contribution in [2.45, 2.75) is 64.2 Å². The molecule has 4 aromatic carbocycles. The molecule has 7 nitrogen and oxygen atoms in total. The molecular weight excluding hydrogens is 659 g/mol. The quantitative estimate of drug-likeness (QED) is 0.146. The normalized spacial score (nSPS) is 18.1. The van der Waals surface area contributed by atoms with Gasteiger partial charge in [-0.2, -0.15) is 0 Å². The molecule has 3 fully saturated rings. The van der Waals surface area contributed by atoms with Crippen molar-refractivity contribution in [3.05, 3.63) is 101 Å². The van der Waals surface area contributed by atoms with Crippen LogP contribution in [0.15, 0.2) is 78.9 Å². The predicted octanol–water partition coefficient (Wildman–Crippen LogP) is 8.45. The molecule has 0 spiro atoms. The van der Waals surface area contributed by atoms with E-state index in [1.165, 1.54) is 106 Å². The molecule has 7 aliphatic heterocycles. The Balaban J connectivity index is 1.10. The molecule has 0 amide bonds. The maximum atomic E-state index is 6.78. The molecule has 3 saturated heterocycles. The van der Waals surface area contributed by atoms with E-state index in [1.54, 1.807) is 0 Å². The Bertz CT molecular complexity index is 1770. The summed E-state index contributed by atoms with van der Waals surface area (Å²) in [4.78, 5) is 7.53. The van der Waals surface area contributed by atoms with Crippen LogP contribution in [0.3, 0.4) is 0 Å². The molecule has 280 valence electrons. The summed E-state index contributed by atoms with van der Waals surface area (Å²) in [6.07, 6.45) is 11.3. The van der Waals surface area contributed by atoms with Gasteiger partial charge in [0.15, 0.2) is 11.5 Å². The van der Waals surface area contributed by atoms with Crippen molar-refractivity contribution in [3.63, 3.8) is 0 Å². The van der Waals surface area contributed by atoms with Gasteiger partial charge in [-0.1, -0.05) is 42.5 Å². The van der Waals surface area contributed by atoms with E-state index < -0.39 is 0 Å². The molecule has 7 heteroatoms. The highest BCUT2D eigenvalue weighted by Crippen LogP contribution is 2.41. The van der Waals surface area contributed by atoms with Gasteiger partial charge in [0.25, 0.3) is 0 Å². The summed E-state index contributed by atoms with van der Waals surface area (Å²) in [7, 11) is 0. The van der Waals surface area contributed by atoms with E-state index >= 15 is 0 Å². The van der Waals surface area contributed by atoms with Crippen LogP contribution in [0.2, 0.25) is 0 Å². The maximum Gasteiger partial charge on any atom is 0.169 e. The Morgan fingerprint density at radius 2 is 1.00 bits per heavy atom. The lowest BCUT2D eigenvalue weighted by Crippen LogP contribution is -2.25. The van der Waals surface area contributed by atoms with Crippen LogP contribution in [0.25, 0.3) is 11.1 Å². The number of aryl methyl sites for hydroxylation is 4. The average Bonchev–Trinajstić information content (AvgIpc) is 4.00. The van der Waals surface area contributed by atoms with Crippen molar-refractivity contribution in [3.8, 4) is 39.9 Å². The monoisotopic (exact) mass is 715 g/mol. The van der Waals surface area contributed by atoms with Gasteiger partial charge in [-0.15, -0.1) is 0 Å². The van der Waals surface area contributed by atoms with E-state index in [9.17, 15) is 0 Å². The molecule has 7 aliphatic rings. The third-order valence-electron chi connectivity index (χ3n) is 11.6. The molecule has 6 bridgehead atoms. The fourth-order valence-electron chi connectivity index (χ4n) is 8.46. The second kappa shape index (κ2) is 17.9. The zero-order chi connectivity index (χ0) is 35.7. The van der Waals surface area contributed by atoms with Gasteiger partial charge in [0.05, 0.1) is 0 Å². The van der Waals surface area contributed by atoms with Gasteiger partial charge in [0.2, 0.25) is 0 Å². The van der Waals surface area contributed by atoms with E-state index in [1.807, 2.05) is 0 Å². The lowest BCUT2D eigenvalue weighted by molar-refractivity contribution is 0.232. The minimum absolute atomic E-state index is 0.661. The summed E-state index contributed by atoms with van der Waals surface area (Å²) in [5.41, 5.74) is 7.35. The van der Waals surface area contributed by atoms with Crippen LogP contribution in [0.5, 0.6) is 28.7 Å². The van der Waals surface area contributed by atoms with Crippen LogP contribution in [-0.4, -0.2) is 93.4 Å². The van der Waals surface area contributed by atoms with Crippen molar-refractivity contribution < 1.29 is 18.9 Å². The van der Waals surface area contributed by atoms with Gasteiger partial charge < -0.3 is 18.9 Å². The third kappa shape index (κ3) is 9.56. The zero-order valence-corrected chi connectivity index (χ0v) is 31.5. The molecule has 0 N–H and O–H groups in total. The van der Waals surface area contributed by atoms with Gasteiger partial charge in [0, 0.05) is 30.8 Å². The molecule has 0 unspecified atom stereocenters. The molecule has 7 heterocycles. The van der Waals surface area contributed by atoms with E-state index in [2.05, 4.69) is 93.6 Å². The molecule has 0 aromatic heterocycles. The SMILES string of the molecule is c1cc2c(c(OCCN3CCCC3)c1)-c1ccc(cc1OCCN1CCCC1)CCc1ccc(OCCN3CCCC3)c(c1)Oc1ccc(cc1)CC2. The number of nitrogens with zero attached hydrogens (tertiary/aromatic N) is 3. The van der Waals surface area contributed by atoms with Crippen molar-refractivity contribution >= 4 is 0 Å². The highest BCUT2D eigenvalue weighted by molar-refractivity contribution is 5.79. The highest BCUT2D eigenvalue weighted by Gasteiger charge is 2.20. The lowest BCUT2D eigenvalue weighted by Gasteiger charge is -2.22. The van der Waals surface area contributed by atoms with Gasteiger partial charge in [-0.25, -0.2) is 0 Å². The maximum absolute atomic E-state index is 6.78. The lowest BCUT2D eigenvalue weighted by atomic mass is 9.92. The largest absolute Gasteiger partial charge is 0.492 e. The van der Waals surface area contributed by atoms with Gasteiger partial charge in [0.1, 0.15) is 37.1 Å². The van der Waals surface area contributed by atoms with Gasteiger partial charge >= 0.3 is 0 Å². The second-order valence-corrected chi connectivity index (χ2v) is 15.3. The molecule has 0 atom stereocenters. The summed E-state index contributed by atoms with van der Waals surface area (Å²) < 4.78 is 26.4. The first kappa shape index (κ1) is 36.0. The summed E-state index contributed by atoms with van der Waals surface area (Å²) in [6, 6.07) is 28.5. The van der Waals surface area contributed by atoms with Crippen molar-refractivity contribution in [1.82, 2.24) is 14.7 Å². The van der Waals surface area contributed by atoms with Gasteiger partial charge in [-0.05, 0) is 162 Å². The first-order valence-corrected chi connectivity index (χ1v) is 20.4. The summed E-state index contributed by atoms with van der Waals surface area (Å²) in [5, 5.41) is 0. The van der Waals surface area contributed by atoms with Crippen molar-refractivity contribution in [1.29, 1.82) is 0 Å². The third-order valence-corrected chi connectivity index (χ3v) is 11.6. The Kier molecular flexibility index (Phi) is 12.1. The smallest absolute Gasteiger partial charge is 0.169 e. The topological polar surface area (TPSA) is 46.6 Å². The molecule has 0 aliphatic carbocycles. The molecule has 0 saturated carbocycles. The standard InChI is InChI=1S/C46H57N3O4/c1-2-23-47(22-1)28-31-50-42-21-16-38-11-10-37-15-20-41(44(34-37)52-33-30-49-26-5-6-27-49)46-39(8-7-9-43(46)51-32-29-48-24-3-4-25-48)17-12-36-13-18-40(19-14-36)53-45(42)35-38/h7-9,13-16,18-21,34-35H,1-6,10-12,17,22-33H2. The van der Waals surface area contributed by atoms with Crippen LogP contribution in [0, 0.1) is 0 Å². The number of hydrogen-bond donors (Lipinski definition) is 0. The highest BCUT2D eigenvalue weighted by atomic mass is 16.5. The summed E-state index contributed by atoms with van der Waals surface area (Å²) >= 11 is 0. The van der Waals surface area contributed by atoms with E-state index in [0.29, 0.717) is 19.8 Å². The van der Waals surface area contributed by atoms with E-state index in [-0.39, 0.29) is 0 Å².